The van der Waals surface area contributed by atoms with Gasteiger partial charge in [0.25, 0.3) is 5.56 Å². The number of hydrogen-bond acceptors (Lipinski definition) is 4. The van der Waals surface area contributed by atoms with Gasteiger partial charge in [-0.3, -0.25) is 14.2 Å². The molecule has 0 atom stereocenters. The van der Waals surface area contributed by atoms with Crippen LogP contribution in [0.5, 0.6) is 0 Å². The molecule has 2 aromatic heterocycles. The zero-order valence-corrected chi connectivity index (χ0v) is 13.5. The molecule has 3 rings (SSSR count). The first-order valence-electron chi connectivity index (χ1n) is 7.04. The van der Waals surface area contributed by atoms with E-state index in [9.17, 15) is 9.59 Å². The van der Waals surface area contributed by atoms with Gasteiger partial charge < -0.3 is 0 Å². The molecule has 0 fully saturated rings. The number of ketones is 1. The Labute approximate surface area is 133 Å². The van der Waals surface area contributed by atoms with E-state index in [1.807, 2.05) is 38.2 Å². The number of carbonyl (C=O) groups is 1. The van der Waals surface area contributed by atoms with Gasteiger partial charge in [0.15, 0.2) is 15.7 Å². The van der Waals surface area contributed by atoms with Crippen molar-refractivity contribution in [2.75, 3.05) is 0 Å². The number of carbonyl (C=O) groups excluding carboxylic acids is 1. The van der Waals surface area contributed by atoms with Crippen LogP contribution in [0.15, 0.2) is 35.1 Å². The van der Waals surface area contributed by atoms with Crippen LogP contribution in [-0.2, 0) is 11.3 Å². The Hall–Kier alpha value is -2.14. The predicted octanol–water partition coefficient (Wildman–Crippen LogP) is -0.769. The summed E-state index contributed by atoms with van der Waals surface area (Å²) in [4.78, 5) is 29.6. The molecule has 4 nitrogen and oxygen atoms in total. The fraction of sp³-hybridized carbons (Fsp3) is 0.133. The van der Waals surface area contributed by atoms with Crippen molar-refractivity contribution < 1.29 is 4.79 Å². The molecule has 0 aliphatic carbocycles. The van der Waals surface area contributed by atoms with Crippen molar-refractivity contribution in [2.24, 2.45) is 0 Å². The third kappa shape index (κ3) is 2.41. The highest BCUT2D eigenvalue weighted by Gasteiger charge is 2.18. The maximum atomic E-state index is 12.9. The molecule has 7 heteroatoms. The molecule has 0 N–H and O–H groups in total. The lowest BCUT2D eigenvalue weighted by Gasteiger charge is -2.08. The molecule has 108 valence electrons. The number of Topliss-reactive ketones (excluding diaryl/α,β-unsaturated/α-hetero) is 1. The molecule has 0 aliphatic heterocycles. The van der Waals surface area contributed by atoms with E-state index in [0.717, 1.165) is 20.7 Å². The second kappa shape index (κ2) is 5.57. The largest absolute Gasteiger partial charge is 0.298 e. The van der Waals surface area contributed by atoms with E-state index in [2.05, 4.69) is 4.98 Å². The highest BCUT2D eigenvalue weighted by Crippen LogP contribution is 2.27. The molecule has 0 radical (unpaired) electrons. The van der Waals surface area contributed by atoms with Crippen LogP contribution in [0.4, 0.5) is 0 Å². The van der Waals surface area contributed by atoms with Gasteiger partial charge in [0.2, 0.25) is 0 Å². The number of hydrogen-bond donors (Lipinski definition) is 0. The number of nitrogens with zero attached hydrogens (tertiary/aromatic N) is 2. The van der Waals surface area contributed by atoms with Crippen molar-refractivity contribution in [3.8, 4) is 11.1 Å². The molecule has 0 bridgehead atoms. The summed E-state index contributed by atoms with van der Waals surface area (Å²) in [7, 11) is 3.76. The van der Waals surface area contributed by atoms with E-state index in [-0.39, 0.29) is 17.9 Å². The average Bonchev–Trinajstić information content (AvgIpc) is 2.80. The lowest BCUT2D eigenvalue weighted by Crippen LogP contribution is -2.37. The smallest absolute Gasteiger partial charge is 0.262 e. The number of rotatable bonds is 3. The van der Waals surface area contributed by atoms with E-state index >= 15 is 0 Å². The molecule has 2 heterocycles. The molecule has 1 aromatic carbocycles. The van der Waals surface area contributed by atoms with Gasteiger partial charge in [-0.05, 0) is 17.3 Å². The first kappa shape index (κ1) is 14.8. The minimum atomic E-state index is -0.138. The summed E-state index contributed by atoms with van der Waals surface area (Å²) < 4.78 is 2.52. The number of aromatic nitrogens is 2. The molecule has 3 aromatic rings. The Bertz CT molecular complexity index is 932. The van der Waals surface area contributed by atoms with Crippen molar-refractivity contribution in [2.45, 2.75) is 13.5 Å². The first-order chi connectivity index (χ1) is 10.5. The summed E-state index contributed by atoms with van der Waals surface area (Å²) >= 11 is 1.52. The minimum Gasteiger partial charge on any atom is -0.298 e. The van der Waals surface area contributed by atoms with Crippen LogP contribution in [0.25, 0.3) is 21.3 Å². The van der Waals surface area contributed by atoms with Crippen LogP contribution in [-0.4, -0.2) is 31.0 Å². The minimum absolute atomic E-state index is 0.0560. The van der Waals surface area contributed by atoms with Gasteiger partial charge in [0, 0.05) is 5.56 Å². The predicted molar refractivity (Wildman–Crippen MR) is 96.4 cm³/mol. The van der Waals surface area contributed by atoms with E-state index < -0.39 is 0 Å². The summed E-state index contributed by atoms with van der Waals surface area (Å²) in [5.41, 5.74) is 2.37. The fourth-order valence-corrected chi connectivity index (χ4v) is 3.74. The SMILES string of the molecule is Bc1sc2nc(B)n(CC(C)=O)c(=O)c2c1-c1ccccc1. The van der Waals surface area contributed by atoms with Gasteiger partial charge in [0.05, 0.1) is 17.7 Å². The summed E-state index contributed by atoms with van der Waals surface area (Å²) in [6.45, 7) is 1.55. The number of fused-ring (bicyclic) bond motifs is 1. The third-order valence-electron chi connectivity index (χ3n) is 3.62. The van der Waals surface area contributed by atoms with Crippen molar-refractivity contribution >= 4 is 53.5 Å². The van der Waals surface area contributed by atoms with Crippen LogP contribution in [0.1, 0.15) is 6.92 Å². The zero-order valence-electron chi connectivity index (χ0n) is 12.7. The lowest BCUT2D eigenvalue weighted by molar-refractivity contribution is -0.117. The monoisotopic (exact) mass is 308 g/mol. The van der Waals surface area contributed by atoms with E-state index in [1.165, 1.54) is 22.8 Å². The summed E-state index contributed by atoms with van der Waals surface area (Å²) in [6.07, 6.45) is 0. The highest BCUT2D eigenvalue weighted by atomic mass is 32.1. The molecule has 0 amide bonds. The molecule has 22 heavy (non-hydrogen) atoms. The van der Waals surface area contributed by atoms with Gasteiger partial charge in [-0.2, -0.15) is 0 Å². The van der Waals surface area contributed by atoms with Gasteiger partial charge in [-0.25, -0.2) is 4.98 Å². The van der Waals surface area contributed by atoms with Crippen molar-refractivity contribution in [3.05, 3.63) is 40.7 Å². The number of benzene rings is 1. The Morgan fingerprint density at radius 2 is 1.95 bits per heavy atom. The Morgan fingerprint density at radius 3 is 2.59 bits per heavy atom. The fourth-order valence-electron chi connectivity index (χ4n) is 2.66. The third-order valence-corrected chi connectivity index (χ3v) is 4.62. The topological polar surface area (TPSA) is 52.0 Å². The summed E-state index contributed by atoms with van der Waals surface area (Å²) in [6, 6.07) is 9.83. The molecule has 0 aliphatic rings. The van der Waals surface area contributed by atoms with E-state index in [0.29, 0.717) is 11.1 Å². The molecular weight excluding hydrogens is 294 g/mol. The Morgan fingerprint density at radius 1 is 1.27 bits per heavy atom. The first-order valence-corrected chi connectivity index (χ1v) is 7.86. The highest BCUT2D eigenvalue weighted by molar-refractivity contribution is 7.26. The van der Waals surface area contributed by atoms with Gasteiger partial charge in [-0.1, -0.05) is 30.3 Å². The maximum absolute atomic E-state index is 12.9. The molecule has 0 spiro atoms. The van der Waals surface area contributed by atoms with Crippen molar-refractivity contribution in [1.82, 2.24) is 9.55 Å². The van der Waals surface area contributed by atoms with Gasteiger partial charge >= 0.3 is 0 Å². The van der Waals surface area contributed by atoms with Gasteiger partial charge in [0.1, 0.15) is 10.6 Å². The molecule has 0 saturated heterocycles. The molecule has 0 unspecified atom stereocenters. The van der Waals surface area contributed by atoms with Crippen molar-refractivity contribution in [3.63, 3.8) is 0 Å². The lowest BCUT2D eigenvalue weighted by atomic mass is 9.95. The number of thiophene rings is 1. The Balaban J connectivity index is 2.37. The van der Waals surface area contributed by atoms with Crippen LogP contribution in [0.3, 0.4) is 0 Å². The molecule has 0 saturated carbocycles. The molecular formula is C15H14B2N2O2S. The average molecular weight is 308 g/mol. The zero-order chi connectivity index (χ0) is 15.9. The van der Waals surface area contributed by atoms with Crippen LogP contribution in [0.2, 0.25) is 0 Å². The van der Waals surface area contributed by atoms with Crippen LogP contribution in [0, 0.1) is 0 Å². The van der Waals surface area contributed by atoms with Gasteiger partial charge in [-0.15, -0.1) is 11.3 Å². The second-order valence-electron chi connectivity index (χ2n) is 5.33. The summed E-state index contributed by atoms with van der Waals surface area (Å²) in [5.74, 6) is -0.0560. The normalized spacial score (nSPS) is 11.0. The quantitative estimate of drug-likeness (QED) is 0.597. The van der Waals surface area contributed by atoms with E-state index in [4.69, 9.17) is 0 Å². The van der Waals surface area contributed by atoms with Crippen LogP contribution >= 0.6 is 11.3 Å². The van der Waals surface area contributed by atoms with E-state index in [1.54, 1.807) is 7.85 Å². The summed E-state index contributed by atoms with van der Waals surface area (Å²) in [5, 5.41) is 0.612. The van der Waals surface area contributed by atoms with Crippen LogP contribution < -0.4 is 16.1 Å². The maximum Gasteiger partial charge on any atom is 0.262 e. The standard InChI is InChI=1S/C15H14B2N2O2S/c1-8(20)7-19-14(21)11-10(9-5-3-2-4-6-9)12(16)22-13(11)18-15(19)17/h2-6H,7,16-17H2,1H3. The Kier molecular flexibility index (Phi) is 3.74. The van der Waals surface area contributed by atoms with Crippen molar-refractivity contribution in [1.29, 1.82) is 0 Å². The second-order valence-corrected chi connectivity index (χ2v) is 6.53.